The molecule has 476 valence electrons. The van der Waals surface area contributed by atoms with Crippen LogP contribution in [0.25, 0.3) is 0 Å². The second kappa shape index (κ2) is 34.9. The zero-order valence-electron chi connectivity index (χ0n) is 50.9. The third kappa shape index (κ3) is 25.0. The first-order valence-electron chi connectivity index (χ1n) is 26.9. The summed E-state index contributed by atoms with van der Waals surface area (Å²) in [5, 5.41) is 38.9. The molecule has 0 heterocycles. The molecule has 7 aromatic rings. The van der Waals surface area contributed by atoms with Crippen LogP contribution < -0.4 is 0 Å². The van der Waals surface area contributed by atoms with Crippen molar-refractivity contribution in [2.24, 2.45) is 0 Å². The van der Waals surface area contributed by atoms with Gasteiger partial charge in [0, 0.05) is 16.7 Å². The van der Waals surface area contributed by atoms with Gasteiger partial charge in [-0.05, 0) is 214 Å². The van der Waals surface area contributed by atoms with Gasteiger partial charge in [0.15, 0.2) is 0 Å². The molecule has 0 bridgehead atoms. The molecule has 0 amide bonds. The Kier molecular flexibility index (Phi) is 30.7. The zero-order chi connectivity index (χ0) is 66.4. The van der Waals surface area contributed by atoms with Crippen molar-refractivity contribution in [1.29, 1.82) is 0 Å². The highest BCUT2D eigenvalue weighted by atomic mass is 35.5. The molecule has 0 aliphatic carbocycles. The van der Waals surface area contributed by atoms with Crippen molar-refractivity contribution in [3.63, 3.8) is 0 Å². The fourth-order valence-corrected chi connectivity index (χ4v) is 7.79. The van der Waals surface area contributed by atoms with Crippen LogP contribution >= 0.6 is 35.6 Å². The summed E-state index contributed by atoms with van der Waals surface area (Å²) < 4.78 is 23.4. The first-order chi connectivity index (χ1) is 40.9. The van der Waals surface area contributed by atoms with Crippen LogP contribution in [0.5, 0.6) is 0 Å². The Morgan fingerprint density at radius 2 is 0.456 bits per heavy atom. The van der Waals surface area contributed by atoms with E-state index in [0.29, 0.717) is 33.4 Å². The molecule has 0 spiro atoms. The van der Waals surface area contributed by atoms with Gasteiger partial charge in [-0.3, -0.25) is 0 Å². The van der Waals surface area contributed by atoms with E-state index in [0.717, 1.165) is 33.4 Å². The van der Waals surface area contributed by atoms with Crippen LogP contribution in [-0.2, 0) is 55.9 Å². The molecule has 0 atom stereocenters. The Hall–Kier alpha value is -8.72. The number of ether oxygens (including phenoxy) is 2. The van der Waals surface area contributed by atoms with Crippen LogP contribution in [-0.4, -0.2) is 50.3 Å². The largest absolute Gasteiger partial charge is 0.451 e. The van der Waals surface area contributed by atoms with E-state index in [4.69, 9.17) is 64.3 Å². The Balaban J connectivity index is 0.000000607. The summed E-state index contributed by atoms with van der Waals surface area (Å²) in [6.45, 7) is 21.2. The maximum atomic E-state index is 12.6. The molecule has 90 heavy (non-hydrogen) atoms. The summed E-state index contributed by atoms with van der Waals surface area (Å²) >= 11 is 14.6. The number of terminal acetylenes is 3. The molecular formula is C73H79Cl3O14. The topological polar surface area (TPSA) is 212 Å². The highest BCUT2D eigenvalue weighted by Crippen LogP contribution is 2.32. The molecular weight excluding hydrogens is 1210 g/mol. The Morgan fingerprint density at radius 1 is 0.300 bits per heavy atom. The van der Waals surface area contributed by atoms with Gasteiger partial charge in [0.1, 0.15) is 46.8 Å². The summed E-state index contributed by atoms with van der Waals surface area (Å²) in [6, 6.07) is 47.4. The van der Waals surface area contributed by atoms with Gasteiger partial charge >= 0.3 is 29.8 Å². The Labute approximate surface area is 545 Å². The van der Waals surface area contributed by atoms with E-state index < -0.39 is 63.5 Å². The lowest BCUT2D eigenvalue weighted by Crippen LogP contribution is -2.27. The summed E-state index contributed by atoms with van der Waals surface area (Å²) in [7, 11) is 0. The second-order valence-corrected chi connectivity index (χ2v) is 23.1. The third-order valence-electron chi connectivity index (χ3n) is 13.0. The van der Waals surface area contributed by atoms with Gasteiger partial charge in [-0.25, -0.2) is 24.0 Å². The van der Waals surface area contributed by atoms with Crippen molar-refractivity contribution < 1.29 is 66.7 Å². The minimum Gasteiger partial charge on any atom is -0.451 e. The van der Waals surface area contributed by atoms with Gasteiger partial charge in [-0.2, -0.15) is 0 Å². The number of halogens is 3. The molecule has 4 N–H and O–H groups in total. The molecule has 0 unspecified atom stereocenters. The fourth-order valence-electron chi connectivity index (χ4n) is 7.53. The zero-order valence-corrected chi connectivity index (χ0v) is 53.2. The molecule has 0 radical (unpaired) electrons. The molecule has 0 aromatic heterocycles. The minimum atomic E-state index is -0.875. The van der Waals surface area contributed by atoms with E-state index in [1.807, 2.05) is 100 Å². The summed E-state index contributed by atoms with van der Waals surface area (Å²) in [5.41, 5.74) is 3.76. The lowest BCUT2D eigenvalue weighted by molar-refractivity contribution is -0.00565. The van der Waals surface area contributed by atoms with Crippen LogP contribution in [0.15, 0.2) is 170 Å². The standard InChI is InChI=1S/C30H26O4.2C12H18O2.C9H5ClO2.C8H4Cl2O4.2CH4/c1-7-21-9-13-23(14-10-21)27(31)33-29(3,4)25-17-19-26(20-18-25)30(5,6)34-28(32)24-15-11-22(8-2)12-16-24;2*1-11(2,13)9-5-7-10(8-6-9)12(3,4)14;1-2-7-3-5-8(6-4-7)9(11)12-10;9-13-7(11)5-1-2-6(4-3-5)8(12)14-10;;/h1-2,9-20H,3-6H3;2*5-8,13-14H,1-4H3;1,3-6H;1-4H;2*1H4. The fraction of sp³-hybridized carbons (Fsp3) is 0.274. The average molecular weight is 1290 g/mol. The molecule has 0 aliphatic rings. The van der Waals surface area contributed by atoms with E-state index in [1.165, 1.54) is 24.3 Å². The lowest BCUT2D eigenvalue weighted by atomic mass is 9.92. The van der Waals surface area contributed by atoms with E-state index >= 15 is 0 Å². The van der Waals surface area contributed by atoms with Crippen LogP contribution in [0.3, 0.4) is 0 Å². The molecule has 7 aromatic carbocycles. The number of carbonyl (C=O) groups is 5. The van der Waals surface area contributed by atoms with Crippen molar-refractivity contribution in [2.45, 2.75) is 132 Å². The summed E-state index contributed by atoms with van der Waals surface area (Å²) in [4.78, 5) is 57.8. The second-order valence-electron chi connectivity index (χ2n) is 22.6. The number of hydrogen-bond donors (Lipinski definition) is 4. The number of hydrogen-bond acceptors (Lipinski definition) is 14. The number of benzene rings is 7. The maximum Gasteiger partial charge on any atom is 0.356 e. The first-order valence-corrected chi connectivity index (χ1v) is 27.8. The highest BCUT2D eigenvalue weighted by Gasteiger charge is 2.30. The van der Waals surface area contributed by atoms with E-state index in [-0.39, 0.29) is 26.0 Å². The lowest BCUT2D eigenvalue weighted by Gasteiger charge is -2.29. The highest BCUT2D eigenvalue weighted by molar-refractivity contribution is 6.17. The molecule has 17 heteroatoms. The Morgan fingerprint density at radius 3 is 0.611 bits per heavy atom. The van der Waals surface area contributed by atoms with E-state index in [2.05, 4.69) is 30.6 Å². The number of aliphatic hydroxyl groups is 4. The minimum absolute atomic E-state index is 0. The number of rotatable bonds is 13. The van der Waals surface area contributed by atoms with Crippen LogP contribution in [0.4, 0.5) is 0 Å². The molecule has 0 fully saturated rings. The van der Waals surface area contributed by atoms with E-state index in [9.17, 15) is 44.4 Å². The molecule has 0 aliphatic heterocycles. The SMILES string of the molecule is C.C.C#Cc1ccc(C(=O)OC(C)(C)c2ccc(C(C)(C)OC(=O)c3ccc(C#C)cc3)cc2)cc1.C#Cc1ccc(C(=O)OCl)cc1.CC(C)(O)c1ccc(C(C)(C)O)cc1.CC(C)(O)c1ccc(C(C)(C)O)cc1.O=C(OCl)c1ccc(C(=O)OCl)cc1. The van der Waals surface area contributed by atoms with Gasteiger partial charge in [-0.15, -0.1) is 19.3 Å². The molecule has 7 rings (SSSR count). The third-order valence-corrected chi connectivity index (χ3v) is 13.4. The van der Waals surface area contributed by atoms with Crippen molar-refractivity contribution in [3.05, 3.63) is 248 Å². The van der Waals surface area contributed by atoms with E-state index in [1.54, 1.807) is 128 Å². The maximum absolute atomic E-state index is 12.6. The average Bonchev–Trinajstić information content (AvgIpc) is 3.53. The van der Waals surface area contributed by atoms with Crippen molar-refractivity contribution >= 4 is 65.4 Å². The normalized spacial score (nSPS) is 10.8. The number of carbonyl (C=O) groups excluding carboxylic acids is 5. The monoisotopic (exact) mass is 1280 g/mol. The molecule has 0 saturated carbocycles. The summed E-state index contributed by atoms with van der Waals surface area (Å²) in [6.07, 6.45) is 15.8. The predicted molar refractivity (Wildman–Crippen MR) is 354 cm³/mol. The Bertz CT molecular complexity index is 3290. The van der Waals surface area contributed by atoms with Crippen molar-refractivity contribution in [2.75, 3.05) is 0 Å². The van der Waals surface area contributed by atoms with Crippen LogP contribution in [0.2, 0.25) is 0 Å². The number of esters is 2. The van der Waals surface area contributed by atoms with Gasteiger partial charge in [0.05, 0.1) is 50.2 Å². The first kappa shape index (κ1) is 79.3. The smallest absolute Gasteiger partial charge is 0.356 e. The van der Waals surface area contributed by atoms with Crippen molar-refractivity contribution in [1.82, 2.24) is 0 Å². The van der Waals surface area contributed by atoms with Gasteiger partial charge in [0.25, 0.3) is 0 Å². The van der Waals surface area contributed by atoms with Gasteiger partial charge in [0.2, 0.25) is 0 Å². The predicted octanol–water partition coefficient (Wildman–Crippen LogP) is 15.7. The van der Waals surface area contributed by atoms with Crippen LogP contribution in [0, 0.1) is 37.0 Å². The van der Waals surface area contributed by atoms with Gasteiger partial charge < -0.3 is 42.8 Å². The van der Waals surface area contributed by atoms with Crippen molar-refractivity contribution in [3.8, 4) is 37.0 Å². The molecule has 0 saturated heterocycles. The van der Waals surface area contributed by atoms with Crippen LogP contribution in [0.1, 0.15) is 200 Å². The summed E-state index contributed by atoms with van der Waals surface area (Å²) in [5.74, 6) is 4.60. The quantitative estimate of drug-likeness (QED) is 0.0625. The molecule has 14 nitrogen and oxygen atoms in total. The van der Waals surface area contributed by atoms with Gasteiger partial charge in [-0.1, -0.05) is 105 Å².